The first-order valence-corrected chi connectivity index (χ1v) is 10.1. The third kappa shape index (κ3) is 8.62. The Morgan fingerprint density at radius 2 is 1.72 bits per heavy atom. The molecule has 1 aromatic rings. The first-order valence-electron chi connectivity index (χ1n) is 10.1. The number of amides is 2. The van der Waals surface area contributed by atoms with Gasteiger partial charge in [-0.2, -0.15) is 0 Å². The fraction of sp³-hybridized carbons (Fsp3) is 0.571. The molecule has 0 aromatic heterocycles. The van der Waals surface area contributed by atoms with Crippen molar-refractivity contribution in [3.63, 3.8) is 0 Å². The fourth-order valence-electron chi connectivity index (χ4n) is 2.93. The second kappa shape index (κ2) is 12.9. The Kier molecular flexibility index (Phi) is 10.9. The van der Waals surface area contributed by atoms with Crippen molar-refractivity contribution in [2.24, 2.45) is 17.4 Å². The molecule has 0 radical (unpaired) electrons. The van der Waals surface area contributed by atoms with Gasteiger partial charge in [-0.25, -0.2) is 4.79 Å². The van der Waals surface area contributed by atoms with Crippen LogP contribution in [0.25, 0.3) is 0 Å². The molecule has 0 saturated carbocycles. The molecule has 2 amide bonds. The van der Waals surface area contributed by atoms with Crippen LogP contribution >= 0.6 is 0 Å². The molecule has 8 nitrogen and oxygen atoms in total. The van der Waals surface area contributed by atoms with Gasteiger partial charge in [0.2, 0.25) is 11.8 Å². The van der Waals surface area contributed by atoms with E-state index >= 15 is 0 Å². The molecule has 0 spiro atoms. The molecule has 1 rings (SSSR count). The largest absolute Gasteiger partial charge is 0.480 e. The smallest absolute Gasteiger partial charge is 0.326 e. The predicted octanol–water partition coefficient (Wildman–Crippen LogP) is 0.786. The number of rotatable bonds is 13. The second-order valence-electron chi connectivity index (χ2n) is 7.35. The summed E-state index contributed by atoms with van der Waals surface area (Å²) in [7, 11) is 0. The molecule has 0 bridgehead atoms. The number of hydrogen-bond acceptors (Lipinski definition) is 5. The van der Waals surface area contributed by atoms with Crippen molar-refractivity contribution in [2.45, 2.75) is 64.1 Å². The molecule has 0 aliphatic heterocycles. The van der Waals surface area contributed by atoms with Crippen molar-refractivity contribution in [3.8, 4) is 0 Å². The van der Waals surface area contributed by atoms with Gasteiger partial charge in [-0.1, -0.05) is 50.6 Å². The van der Waals surface area contributed by atoms with E-state index in [0.29, 0.717) is 32.2 Å². The van der Waals surface area contributed by atoms with E-state index in [9.17, 15) is 19.5 Å². The van der Waals surface area contributed by atoms with Crippen LogP contribution in [-0.2, 0) is 20.8 Å². The van der Waals surface area contributed by atoms with Crippen LogP contribution in [0.5, 0.6) is 0 Å². The average molecular weight is 407 g/mol. The number of aliphatic carboxylic acids is 1. The summed E-state index contributed by atoms with van der Waals surface area (Å²) in [5, 5.41) is 14.6. The van der Waals surface area contributed by atoms with Gasteiger partial charge in [0.25, 0.3) is 0 Å². The molecule has 1 aromatic carbocycles. The number of nitrogens with one attached hydrogen (secondary N) is 2. The van der Waals surface area contributed by atoms with Crippen molar-refractivity contribution in [3.05, 3.63) is 35.9 Å². The van der Waals surface area contributed by atoms with Crippen molar-refractivity contribution >= 4 is 17.8 Å². The van der Waals surface area contributed by atoms with E-state index in [0.717, 1.165) is 5.56 Å². The topological polar surface area (TPSA) is 148 Å². The minimum absolute atomic E-state index is 0.179. The lowest BCUT2D eigenvalue weighted by molar-refractivity contribution is -0.142. The van der Waals surface area contributed by atoms with E-state index in [-0.39, 0.29) is 12.3 Å². The maximum Gasteiger partial charge on any atom is 0.326 e. The van der Waals surface area contributed by atoms with Crippen molar-refractivity contribution in [2.75, 3.05) is 6.54 Å². The van der Waals surface area contributed by atoms with Crippen LogP contribution in [-0.4, -0.2) is 47.6 Å². The first-order chi connectivity index (χ1) is 13.8. The SMILES string of the molecule is CCC(C)C(NC(=O)C(N)Cc1ccccc1)C(=O)NC(CCCCN)C(=O)O. The highest BCUT2D eigenvalue weighted by atomic mass is 16.4. The molecule has 0 heterocycles. The Balaban J connectivity index is 2.77. The van der Waals surface area contributed by atoms with Gasteiger partial charge in [-0.05, 0) is 43.7 Å². The van der Waals surface area contributed by atoms with Gasteiger partial charge < -0.3 is 27.2 Å². The monoisotopic (exact) mass is 406 g/mol. The molecule has 0 aliphatic rings. The van der Waals surface area contributed by atoms with Crippen LogP contribution in [0.1, 0.15) is 45.1 Å². The molecular weight excluding hydrogens is 372 g/mol. The maximum atomic E-state index is 12.8. The molecule has 8 heteroatoms. The summed E-state index contributed by atoms with van der Waals surface area (Å²) < 4.78 is 0. The molecule has 4 unspecified atom stereocenters. The van der Waals surface area contributed by atoms with Gasteiger partial charge in [0.15, 0.2) is 0 Å². The highest BCUT2D eigenvalue weighted by Gasteiger charge is 2.30. The summed E-state index contributed by atoms with van der Waals surface area (Å²) in [5.74, 6) is -2.24. The number of benzene rings is 1. The Morgan fingerprint density at radius 1 is 1.07 bits per heavy atom. The van der Waals surface area contributed by atoms with Crippen molar-refractivity contribution in [1.82, 2.24) is 10.6 Å². The minimum Gasteiger partial charge on any atom is -0.480 e. The van der Waals surface area contributed by atoms with E-state index in [1.807, 2.05) is 44.2 Å². The molecule has 0 saturated heterocycles. The molecule has 7 N–H and O–H groups in total. The lowest BCUT2D eigenvalue weighted by Gasteiger charge is -2.26. The van der Waals surface area contributed by atoms with Crippen molar-refractivity contribution in [1.29, 1.82) is 0 Å². The van der Waals surface area contributed by atoms with Crippen LogP contribution in [0.3, 0.4) is 0 Å². The van der Waals surface area contributed by atoms with Gasteiger partial charge in [0.05, 0.1) is 6.04 Å². The van der Waals surface area contributed by atoms with Crippen LogP contribution < -0.4 is 22.1 Å². The zero-order chi connectivity index (χ0) is 21.8. The predicted molar refractivity (Wildman–Crippen MR) is 112 cm³/mol. The summed E-state index contributed by atoms with van der Waals surface area (Å²) in [6, 6.07) is 6.69. The van der Waals surface area contributed by atoms with Crippen LogP contribution in [0.4, 0.5) is 0 Å². The Bertz CT molecular complexity index is 653. The van der Waals surface area contributed by atoms with Gasteiger partial charge >= 0.3 is 5.97 Å². The van der Waals surface area contributed by atoms with E-state index < -0.39 is 35.9 Å². The molecule has 0 aliphatic carbocycles. The second-order valence-corrected chi connectivity index (χ2v) is 7.35. The Hall–Kier alpha value is -2.45. The first kappa shape index (κ1) is 24.6. The highest BCUT2D eigenvalue weighted by Crippen LogP contribution is 2.11. The zero-order valence-corrected chi connectivity index (χ0v) is 17.3. The zero-order valence-electron chi connectivity index (χ0n) is 17.3. The molecule has 29 heavy (non-hydrogen) atoms. The summed E-state index contributed by atoms with van der Waals surface area (Å²) >= 11 is 0. The molecule has 4 atom stereocenters. The minimum atomic E-state index is -1.11. The number of unbranched alkanes of at least 4 members (excludes halogenated alkanes) is 1. The number of hydrogen-bond donors (Lipinski definition) is 5. The summed E-state index contributed by atoms with van der Waals surface area (Å²) in [6.45, 7) is 4.19. The van der Waals surface area contributed by atoms with Gasteiger partial charge in [0, 0.05) is 0 Å². The quantitative estimate of drug-likeness (QED) is 0.306. The lowest BCUT2D eigenvalue weighted by Crippen LogP contribution is -2.56. The van der Waals surface area contributed by atoms with Gasteiger partial charge in [-0.3, -0.25) is 9.59 Å². The van der Waals surface area contributed by atoms with E-state index in [4.69, 9.17) is 11.5 Å². The summed E-state index contributed by atoms with van der Waals surface area (Å²) in [6.07, 6.45) is 2.54. The number of carbonyl (C=O) groups is 3. The third-order valence-electron chi connectivity index (χ3n) is 4.99. The molecule has 162 valence electrons. The van der Waals surface area contributed by atoms with Gasteiger partial charge in [0.1, 0.15) is 12.1 Å². The van der Waals surface area contributed by atoms with Crippen molar-refractivity contribution < 1.29 is 19.5 Å². The molecule has 0 fully saturated rings. The highest BCUT2D eigenvalue weighted by molar-refractivity contribution is 5.92. The standard InChI is InChI=1S/C21H34N4O4/c1-3-14(2)18(20(27)24-17(21(28)29)11-7-8-12-22)25-19(26)16(23)13-15-9-5-4-6-10-15/h4-6,9-10,14,16-18H,3,7-8,11-13,22-23H2,1-2H3,(H,24,27)(H,25,26)(H,28,29). The Morgan fingerprint density at radius 3 is 2.28 bits per heavy atom. The normalized spacial score (nSPS) is 15.0. The average Bonchev–Trinajstić information content (AvgIpc) is 2.71. The number of carboxylic acid groups (broad SMARTS) is 1. The van der Waals surface area contributed by atoms with Crippen LogP contribution in [0.2, 0.25) is 0 Å². The number of nitrogens with two attached hydrogens (primary N) is 2. The number of carbonyl (C=O) groups excluding carboxylic acids is 2. The maximum absolute atomic E-state index is 12.8. The third-order valence-corrected chi connectivity index (χ3v) is 4.99. The van der Waals surface area contributed by atoms with E-state index in [2.05, 4.69) is 10.6 Å². The fourth-order valence-corrected chi connectivity index (χ4v) is 2.93. The lowest BCUT2D eigenvalue weighted by atomic mass is 9.96. The van der Waals surface area contributed by atoms with E-state index in [1.165, 1.54) is 0 Å². The molecular formula is C21H34N4O4. The summed E-state index contributed by atoms with van der Waals surface area (Å²) in [5.41, 5.74) is 12.4. The summed E-state index contributed by atoms with van der Waals surface area (Å²) in [4.78, 5) is 36.8. The van der Waals surface area contributed by atoms with Gasteiger partial charge in [-0.15, -0.1) is 0 Å². The van der Waals surface area contributed by atoms with E-state index in [1.54, 1.807) is 0 Å². The Labute approximate surface area is 172 Å². The van der Waals surface area contributed by atoms with Crippen LogP contribution in [0, 0.1) is 5.92 Å². The van der Waals surface area contributed by atoms with Crippen LogP contribution in [0.15, 0.2) is 30.3 Å². The number of carboxylic acids is 1.